The highest BCUT2D eigenvalue weighted by atomic mass is 127. The summed E-state index contributed by atoms with van der Waals surface area (Å²) in [5, 5.41) is 7.05. The molecule has 2 N–H and O–H groups in total. The number of guanidine groups is 1. The molecule has 0 saturated carbocycles. The van der Waals surface area contributed by atoms with E-state index in [1.54, 1.807) is 0 Å². The summed E-state index contributed by atoms with van der Waals surface area (Å²) < 4.78 is 5.72. The summed E-state index contributed by atoms with van der Waals surface area (Å²) in [6.45, 7) is 9.66. The molecule has 0 atom stereocenters. The molecule has 1 aromatic carbocycles. The maximum Gasteiger partial charge on any atom is 0.191 e. The summed E-state index contributed by atoms with van der Waals surface area (Å²) in [4.78, 5) is 6.98. The average molecular weight is 502 g/mol. The number of unbranched alkanes of at least 4 members (excludes halogenated alkanes) is 1. The van der Waals surface area contributed by atoms with Crippen molar-refractivity contribution >= 4 is 29.9 Å². The Balaban J connectivity index is 0.00000392. The summed E-state index contributed by atoms with van der Waals surface area (Å²) in [6, 6.07) is 8.92. The van der Waals surface area contributed by atoms with E-state index in [-0.39, 0.29) is 24.0 Å². The number of ether oxygens (including phenoxy) is 1. The van der Waals surface area contributed by atoms with E-state index in [2.05, 4.69) is 52.6 Å². The van der Waals surface area contributed by atoms with Crippen LogP contribution in [0.15, 0.2) is 29.3 Å². The molecule has 0 spiro atoms. The second-order valence-electron chi connectivity index (χ2n) is 7.36. The summed E-state index contributed by atoms with van der Waals surface area (Å²) in [7, 11) is 1.85. The molecule has 1 saturated heterocycles. The highest BCUT2D eigenvalue weighted by Gasteiger charge is 2.19. The van der Waals surface area contributed by atoms with Gasteiger partial charge in [-0.05, 0) is 56.3 Å². The molecule has 1 heterocycles. The Morgan fingerprint density at radius 1 is 1.21 bits per heavy atom. The lowest BCUT2D eigenvalue weighted by atomic mass is 10.0. The first kappa shape index (κ1) is 25.0. The number of rotatable bonds is 10. The normalized spacial score (nSPS) is 15.8. The monoisotopic (exact) mass is 502 g/mol. The zero-order valence-corrected chi connectivity index (χ0v) is 20.2. The summed E-state index contributed by atoms with van der Waals surface area (Å²) in [6.07, 6.45) is 6.97. The fraction of sp³-hybridized carbons (Fsp3) is 0.682. The number of hydrogen-bond donors (Lipinski definition) is 2. The first-order chi connectivity index (χ1) is 13.2. The summed E-state index contributed by atoms with van der Waals surface area (Å²) in [5.41, 5.74) is 1.29. The van der Waals surface area contributed by atoms with Gasteiger partial charge < -0.3 is 20.3 Å². The van der Waals surface area contributed by atoms with E-state index >= 15 is 0 Å². The SMILES string of the molecule is CCCCN1CCC(NC(=NC)NCCc2cccc(OCCC)c2)CC1.I. The van der Waals surface area contributed by atoms with Crippen molar-refractivity contribution in [3.8, 4) is 5.75 Å². The smallest absolute Gasteiger partial charge is 0.191 e. The third-order valence-corrected chi connectivity index (χ3v) is 5.06. The van der Waals surface area contributed by atoms with E-state index in [0.717, 1.165) is 37.7 Å². The molecular weight excluding hydrogens is 463 g/mol. The van der Waals surface area contributed by atoms with E-state index in [9.17, 15) is 0 Å². The van der Waals surface area contributed by atoms with Gasteiger partial charge in [-0.25, -0.2) is 0 Å². The minimum Gasteiger partial charge on any atom is -0.494 e. The third kappa shape index (κ3) is 9.45. The number of hydrogen-bond acceptors (Lipinski definition) is 3. The van der Waals surface area contributed by atoms with Gasteiger partial charge >= 0.3 is 0 Å². The molecule has 1 aromatic rings. The van der Waals surface area contributed by atoms with Crippen LogP contribution in [0.3, 0.4) is 0 Å². The zero-order chi connectivity index (χ0) is 19.3. The minimum absolute atomic E-state index is 0. The Morgan fingerprint density at radius 3 is 2.68 bits per heavy atom. The van der Waals surface area contributed by atoms with E-state index in [4.69, 9.17) is 4.74 Å². The number of halogens is 1. The lowest BCUT2D eigenvalue weighted by Gasteiger charge is -2.33. The molecule has 1 aliphatic heterocycles. The van der Waals surface area contributed by atoms with Gasteiger partial charge in [-0.15, -0.1) is 24.0 Å². The standard InChI is InChI=1S/C22H38N4O.HI/c1-4-6-14-26-15-11-20(12-16-26)25-22(23-3)24-13-10-19-8-7-9-21(18-19)27-17-5-2;/h7-9,18,20H,4-6,10-17H2,1-3H3,(H2,23,24,25);1H. The lowest BCUT2D eigenvalue weighted by Crippen LogP contribution is -2.49. The predicted molar refractivity (Wildman–Crippen MR) is 130 cm³/mol. The van der Waals surface area contributed by atoms with Crippen molar-refractivity contribution in [1.82, 2.24) is 15.5 Å². The van der Waals surface area contributed by atoms with E-state index in [0.29, 0.717) is 6.04 Å². The maximum atomic E-state index is 5.72. The fourth-order valence-corrected chi connectivity index (χ4v) is 3.41. The van der Waals surface area contributed by atoms with Gasteiger partial charge in [0.1, 0.15) is 5.75 Å². The molecule has 2 rings (SSSR count). The lowest BCUT2D eigenvalue weighted by molar-refractivity contribution is 0.203. The van der Waals surface area contributed by atoms with Crippen molar-refractivity contribution in [2.75, 3.05) is 39.8 Å². The van der Waals surface area contributed by atoms with Crippen LogP contribution < -0.4 is 15.4 Å². The van der Waals surface area contributed by atoms with Crippen LogP contribution in [0.25, 0.3) is 0 Å². The van der Waals surface area contributed by atoms with Gasteiger partial charge in [-0.3, -0.25) is 4.99 Å². The predicted octanol–water partition coefficient (Wildman–Crippen LogP) is 4.07. The third-order valence-electron chi connectivity index (χ3n) is 5.06. The Hall–Kier alpha value is -1.02. The van der Waals surface area contributed by atoms with Gasteiger partial charge in [0.25, 0.3) is 0 Å². The molecule has 0 unspecified atom stereocenters. The summed E-state index contributed by atoms with van der Waals surface area (Å²) in [5.74, 6) is 1.88. The molecule has 0 bridgehead atoms. The van der Waals surface area contributed by atoms with Gasteiger partial charge in [0.2, 0.25) is 0 Å². The molecule has 5 nitrogen and oxygen atoms in total. The van der Waals surface area contributed by atoms with Gasteiger partial charge in [-0.1, -0.05) is 32.4 Å². The van der Waals surface area contributed by atoms with Crippen LogP contribution in [0.2, 0.25) is 0 Å². The van der Waals surface area contributed by atoms with Gasteiger partial charge in [0.15, 0.2) is 5.96 Å². The number of benzene rings is 1. The molecule has 28 heavy (non-hydrogen) atoms. The van der Waals surface area contributed by atoms with Crippen LogP contribution in [0.5, 0.6) is 5.75 Å². The van der Waals surface area contributed by atoms with Gasteiger partial charge in [0.05, 0.1) is 6.61 Å². The first-order valence-corrected chi connectivity index (χ1v) is 10.7. The fourth-order valence-electron chi connectivity index (χ4n) is 3.41. The molecule has 160 valence electrons. The Morgan fingerprint density at radius 2 is 2.00 bits per heavy atom. The van der Waals surface area contributed by atoms with Crippen LogP contribution in [0, 0.1) is 0 Å². The molecule has 0 amide bonds. The highest BCUT2D eigenvalue weighted by molar-refractivity contribution is 14.0. The molecule has 0 aliphatic carbocycles. The van der Waals surface area contributed by atoms with Gasteiger partial charge in [0, 0.05) is 32.7 Å². The molecule has 0 radical (unpaired) electrons. The average Bonchev–Trinajstić information content (AvgIpc) is 2.71. The number of aliphatic imine (C=N–C) groups is 1. The van der Waals surface area contributed by atoms with Crippen molar-refractivity contribution in [3.05, 3.63) is 29.8 Å². The van der Waals surface area contributed by atoms with Crippen molar-refractivity contribution < 1.29 is 4.74 Å². The Kier molecular flexibility index (Phi) is 13.3. The number of piperidine rings is 1. The zero-order valence-electron chi connectivity index (χ0n) is 17.9. The minimum atomic E-state index is 0. The molecular formula is C22H39IN4O. The second kappa shape index (κ2) is 14.9. The van der Waals surface area contributed by atoms with E-state index < -0.39 is 0 Å². The largest absolute Gasteiger partial charge is 0.494 e. The van der Waals surface area contributed by atoms with Crippen LogP contribution in [-0.2, 0) is 6.42 Å². The quantitative estimate of drug-likeness (QED) is 0.288. The first-order valence-electron chi connectivity index (χ1n) is 10.7. The van der Waals surface area contributed by atoms with Crippen LogP contribution >= 0.6 is 24.0 Å². The molecule has 1 aliphatic rings. The number of likely N-dealkylation sites (tertiary alicyclic amines) is 1. The van der Waals surface area contributed by atoms with E-state index in [1.165, 1.54) is 50.9 Å². The Bertz CT molecular complexity index is 559. The number of nitrogens with zero attached hydrogens (tertiary/aromatic N) is 2. The maximum absolute atomic E-state index is 5.72. The second-order valence-corrected chi connectivity index (χ2v) is 7.36. The van der Waals surface area contributed by atoms with Gasteiger partial charge in [-0.2, -0.15) is 0 Å². The van der Waals surface area contributed by atoms with Crippen molar-refractivity contribution in [1.29, 1.82) is 0 Å². The summed E-state index contributed by atoms with van der Waals surface area (Å²) >= 11 is 0. The number of nitrogens with one attached hydrogen (secondary N) is 2. The highest BCUT2D eigenvalue weighted by Crippen LogP contribution is 2.14. The molecule has 0 aromatic heterocycles. The van der Waals surface area contributed by atoms with Crippen molar-refractivity contribution in [2.45, 2.75) is 58.4 Å². The molecule has 1 fully saturated rings. The Labute approximate surface area is 188 Å². The van der Waals surface area contributed by atoms with Crippen molar-refractivity contribution in [3.63, 3.8) is 0 Å². The van der Waals surface area contributed by atoms with E-state index in [1.807, 2.05) is 13.1 Å². The molecule has 6 heteroatoms. The van der Waals surface area contributed by atoms with Crippen LogP contribution in [0.1, 0.15) is 51.5 Å². The topological polar surface area (TPSA) is 48.9 Å². The van der Waals surface area contributed by atoms with Crippen molar-refractivity contribution in [2.24, 2.45) is 4.99 Å². The van der Waals surface area contributed by atoms with Crippen LogP contribution in [0.4, 0.5) is 0 Å². The van der Waals surface area contributed by atoms with Crippen LogP contribution in [-0.4, -0.2) is 56.7 Å².